The van der Waals surface area contributed by atoms with Crippen LogP contribution in [0.1, 0.15) is 53.1 Å². The Morgan fingerprint density at radius 2 is 1.76 bits per heavy atom. The SMILES string of the molecule is CCCCOc1ccc(C2c3c(oc4ccccc4c3=O)C(=O)N2c2cccc(C(F)(F)F)c2)cc1OC. The summed E-state index contributed by atoms with van der Waals surface area (Å²) in [5.41, 5.74) is -0.654. The van der Waals surface area contributed by atoms with E-state index in [1.807, 2.05) is 6.92 Å². The predicted octanol–water partition coefficient (Wildman–Crippen LogP) is 6.75. The van der Waals surface area contributed by atoms with Gasteiger partial charge in [0.25, 0.3) is 5.91 Å². The van der Waals surface area contributed by atoms with Gasteiger partial charge in [0, 0.05) is 5.69 Å². The summed E-state index contributed by atoms with van der Waals surface area (Å²) in [6.45, 7) is 2.51. The third kappa shape index (κ3) is 4.38. The van der Waals surface area contributed by atoms with Gasteiger partial charge in [-0.25, -0.2) is 0 Å². The maximum Gasteiger partial charge on any atom is 0.416 e. The molecule has 3 aromatic carbocycles. The molecule has 1 atom stereocenters. The molecule has 0 N–H and O–H groups in total. The van der Waals surface area contributed by atoms with Crippen molar-refractivity contribution in [2.45, 2.75) is 32.0 Å². The van der Waals surface area contributed by atoms with Crippen LogP contribution in [-0.4, -0.2) is 19.6 Å². The molecule has 0 saturated carbocycles. The number of alkyl halides is 3. The number of hydrogen-bond donors (Lipinski definition) is 0. The number of para-hydroxylation sites is 1. The minimum atomic E-state index is -4.62. The third-order valence-corrected chi connectivity index (χ3v) is 6.49. The van der Waals surface area contributed by atoms with Gasteiger partial charge in [0.2, 0.25) is 5.76 Å². The lowest BCUT2D eigenvalue weighted by Crippen LogP contribution is -2.29. The van der Waals surface area contributed by atoms with Gasteiger partial charge in [-0.05, 0) is 54.4 Å². The molecule has 1 aliphatic rings. The van der Waals surface area contributed by atoms with Crippen molar-refractivity contribution in [1.29, 1.82) is 0 Å². The maximum atomic E-state index is 13.7. The van der Waals surface area contributed by atoms with Crippen molar-refractivity contribution < 1.29 is 31.9 Å². The standard InChI is InChI=1S/C29H24F3NO5/c1-3-4-14-37-22-13-12-17(15-23(22)36-2)25-24-26(34)20-10-5-6-11-21(20)38-27(24)28(35)33(25)19-9-7-8-18(16-19)29(30,31)32/h5-13,15-16,25H,3-4,14H2,1-2H3. The summed E-state index contributed by atoms with van der Waals surface area (Å²) in [6.07, 6.45) is -2.84. The first-order valence-corrected chi connectivity index (χ1v) is 12.1. The van der Waals surface area contributed by atoms with Crippen molar-refractivity contribution in [3.63, 3.8) is 0 Å². The van der Waals surface area contributed by atoms with Gasteiger partial charge in [-0.3, -0.25) is 14.5 Å². The highest BCUT2D eigenvalue weighted by atomic mass is 19.4. The van der Waals surface area contributed by atoms with E-state index in [4.69, 9.17) is 13.9 Å². The molecule has 1 unspecified atom stereocenters. The van der Waals surface area contributed by atoms with Crippen LogP contribution in [0, 0.1) is 0 Å². The van der Waals surface area contributed by atoms with Crippen molar-refractivity contribution >= 4 is 22.6 Å². The van der Waals surface area contributed by atoms with E-state index >= 15 is 0 Å². The number of rotatable bonds is 7. The third-order valence-electron chi connectivity index (χ3n) is 6.49. The van der Waals surface area contributed by atoms with E-state index in [0.29, 0.717) is 23.7 Å². The van der Waals surface area contributed by atoms with E-state index in [9.17, 15) is 22.8 Å². The highest BCUT2D eigenvalue weighted by molar-refractivity contribution is 6.10. The Balaban J connectivity index is 1.72. The second-order valence-corrected chi connectivity index (χ2v) is 8.91. The van der Waals surface area contributed by atoms with Gasteiger partial charge in [-0.15, -0.1) is 0 Å². The smallest absolute Gasteiger partial charge is 0.416 e. The summed E-state index contributed by atoms with van der Waals surface area (Å²) in [5.74, 6) is -0.0770. The van der Waals surface area contributed by atoms with Gasteiger partial charge in [0.15, 0.2) is 16.9 Å². The fourth-order valence-corrected chi connectivity index (χ4v) is 4.63. The first-order valence-electron chi connectivity index (χ1n) is 12.1. The Morgan fingerprint density at radius 1 is 0.974 bits per heavy atom. The lowest BCUT2D eigenvalue weighted by Gasteiger charge is -2.26. The molecule has 38 heavy (non-hydrogen) atoms. The van der Waals surface area contributed by atoms with E-state index in [1.54, 1.807) is 42.5 Å². The number of carbonyl (C=O) groups excluding carboxylic acids is 1. The summed E-state index contributed by atoms with van der Waals surface area (Å²) in [7, 11) is 1.46. The van der Waals surface area contributed by atoms with Crippen LogP contribution in [0.4, 0.5) is 18.9 Å². The molecular weight excluding hydrogens is 499 g/mol. The number of benzene rings is 3. The summed E-state index contributed by atoms with van der Waals surface area (Å²) in [6, 6.07) is 14.8. The van der Waals surface area contributed by atoms with E-state index in [2.05, 4.69) is 0 Å². The molecule has 6 nitrogen and oxygen atoms in total. The van der Waals surface area contributed by atoms with Gasteiger partial charge in [0.05, 0.1) is 36.3 Å². The van der Waals surface area contributed by atoms with Crippen LogP contribution in [0.25, 0.3) is 11.0 Å². The number of methoxy groups -OCH3 is 1. The van der Waals surface area contributed by atoms with Gasteiger partial charge in [-0.2, -0.15) is 13.2 Å². The molecule has 0 saturated heterocycles. The Morgan fingerprint density at radius 3 is 2.50 bits per heavy atom. The molecule has 0 radical (unpaired) electrons. The van der Waals surface area contributed by atoms with Crippen molar-refractivity contribution in [2.24, 2.45) is 0 Å². The van der Waals surface area contributed by atoms with E-state index < -0.39 is 29.1 Å². The second-order valence-electron chi connectivity index (χ2n) is 8.91. The number of amides is 1. The Bertz CT molecular complexity index is 1580. The minimum absolute atomic E-state index is 0.0214. The minimum Gasteiger partial charge on any atom is -0.493 e. The molecule has 0 bridgehead atoms. The van der Waals surface area contributed by atoms with Crippen molar-refractivity contribution in [3.05, 3.63) is 99.4 Å². The van der Waals surface area contributed by atoms with Crippen LogP contribution in [-0.2, 0) is 6.18 Å². The number of fused-ring (bicyclic) bond motifs is 2. The molecule has 1 aliphatic heterocycles. The van der Waals surface area contributed by atoms with Crippen LogP contribution in [0.3, 0.4) is 0 Å². The van der Waals surface area contributed by atoms with Gasteiger partial charge in [-0.1, -0.05) is 37.6 Å². The first-order chi connectivity index (χ1) is 18.2. The average Bonchev–Trinajstić information content (AvgIpc) is 3.21. The van der Waals surface area contributed by atoms with Crippen LogP contribution < -0.4 is 19.8 Å². The molecular formula is C29H24F3NO5. The van der Waals surface area contributed by atoms with Crippen LogP contribution in [0.5, 0.6) is 11.5 Å². The molecule has 0 fully saturated rings. The van der Waals surface area contributed by atoms with E-state index in [-0.39, 0.29) is 28.0 Å². The fraction of sp³-hybridized carbons (Fsp3) is 0.241. The van der Waals surface area contributed by atoms with Gasteiger partial charge >= 0.3 is 6.18 Å². The van der Waals surface area contributed by atoms with Crippen LogP contribution in [0.15, 0.2) is 75.9 Å². The molecule has 1 aromatic heterocycles. The van der Waals surface area contributed by atoms with Crippen molar-refractivity contribution in [3.8, 4) is 11.5 Å². The lowest BCUT2D eigenvalue weighted by molar-refractivity contribution is -0.137. The number of nitrogens with zero attached hydrogens (tertiary/aromatic N) is 1. The van der Waals surface area contributed by atoms with E-state index in [1.165, 1.54) is 19.2 Å². The Hall–Kier alpha value is -4.27. The van der Waals surface area contributed by atoms with E-state index in [0.717, 1.165) is 29.9 Å². The summed E-state index contributed by atoms with van der Waals surface area (Å²) in [4.78, 5) is 28.5. The summed E-state index contributed by atoms with van der Waals surface area (Å²) < 4.78 is 57.9. The number of anilines is 1. The molecule has 5 rings (SSSR count). The largest absolute Gasteiger partial charge is 0.493 e. The monoisotopic (exact) mass is 523 g/mol. The molecule has 196 valence electrons. The average molecular weight is 524 g/mol. The van der Waals surface area contributed by atoms with Crippen molar-refractivity contribution in [2.75, 3.05) is 18.6 Å². The highest BCUT2D eigenvalue weighted by Gasteiger charge is 2.44. The highest BCUT2D eigenvalue weighted by Crippen LogP contribution is 2.44. The number of unbranched alkanes of at least 4 members (excludes halogenated alkanes) is 1. The maximum absolute atomic E-state index is 13.7. The zero-order valence-corrected chi connectivity index (χ0v) is 20.7. The first kappa shape index (κ1) is 25.4. The molecule has 4 aromatic rings. The van der Waals surface area contributed by atoms with Crippen molar-refractivity contribution in [1.82, 2.24) is 0 Å². The summed E-state index contributed by atoms with van der Waals surface area (Å²) in [5, 5.41) is 0.265. The number of hydrogen-bond acceptors (Lipinski definition) is 5. The quantitative estimate of drug-likeness (QED) is 0.251. The number of carbonyl (C=O) groups is 1. The Kier molecular flexibility index (Phi) is 6.60. The zero-order valence-electron chi connectivity index (χ0n) is 20.7. The number of halogens is 3. The lowest BCUT2D eigenvalue weighted by atomic mass is 9.97. The number of ether oxygens (including phenoxy) is 2. The van der Waals surface area contributed by atoms with Crippen LogP contribution in [0.2, 0.25) is 0 Å². The zero-order chi connectivity index (χ0) is 27.0. The predicted molar refractivity (Wildman–Crippen MR) is 136 cm³/mol. The van der Waals surface area contributed by atoms with Gasteiger partial charge < -0.3 is 13.9 Å². The molecule has 2 heterocycles. The molecule has 9 heteroatoms. The molecule has 0 aliphatic carbocycles. The normalized spacial score (nSPS) is 15.1. The molecule has 0 spiro atoms. The van der Waals surface area contributed by atoms with Crippen LogP contribution >= 0.6 is 0 Å². The van der Waals surface area contributed by atoms with Gasteiger partial charge in [0.1, 0.15) is 5.58 Å². The summed E-state index contributed by atoms with van der Waals surface area (Å²) >= 11 is 0. The fourth-order valence-electron chi connectivity index (χ4n) is 4.63. The topological polar surface area (TPSA) is 69.0 Å². The Labute approximate surface area is 216 Å². The molecule has 1 amide bonds. The second kappa shape index (κ2) is 9.89.